The molecule has 1 N–H and O–H groups in total. The highest BCUT2D eigenvalue weighted by molar-refractivity contribution is 8.12. The van der Waals surface area contributed by atoms with Gasteiger partial charge in [0.05, 0.1) is 11.7 Å². The minimum absolute atomic E-state index is 0.0464. The van der Waals surface area contributed by atoms with E-state index in [1.54, 1.807) is 64.3 Å². The van der Waals surface area contributed by atoms with E-state index in [9.17, 15) is 19.2 Å². The first-order chi connectivity index (χ1) is 13.2. The van der Waals surface area contributed by atoms with E-state index in [-0.39, 0.29) is 31.3 Å². The minimum Gasteiger partial charge on any atom is -0.462 e. The molecular formula is C19H27NO7S. The summed E-state index contributed by atoms with van der Waals surface area (Å²) in [5.41, 5.74) is 0.428. The van der Waals surface area contributed by atoms with Gasteiger partial charge in [-0.05, 0) is 44.0 Å². The molecule has 0 aliphatic rings. The van der Waals surface area contributed by atoms with Crippen molar-refractivity contribution in [1.29, 1.82) is 0 Å². The molecule has 1 amide bonds. The van der Waals surface area contributed by atoms with Crippen LogP contribution in [0.4, 0.5) is 4.79 Å². The molecule has 0 radical (unpaired) electrons. The first-order valence-corrected chi connectivity index (χ1v) is 9.79. The maximum Gasteiger partial charge on any atom is 0.369 e. The summed E-state index contributed by atoms with van der Waals surface area (Å²) in [6.07, 6.45) is 1.45. The van der Waals surface area contributed by atoms with Crippen molar-refractivity contribution in [3.05, 3.63) is 35.9 Å². The number of hydrogen-bond donors (Lipinski definition) is 1. The maximum atomic E-state index is 11.3. The zero-order valence-corrected chi connectivity index (χ0v) is 17.5. The van der Waals surface area contributed by atoms with Gasteiger partial charge in [-0.1, -0.05) is 32.0 Å². The number of benzene rings is 1. The van der Waals surface area contributed by atoms with Crippen LogP contribution in [-0.2, 0) is 23.8 Å². The molecule has 8 nitrogen and oxygen atoms in total. The Labute approximate surface area is 169 Å². The van der Waals surface area contributed by atoms with Gasteiger partial charge in [0.25, 0.3) is 0 Å². The number of esters is 2. The minimum atomic E-state index is -0.510. The van der Waals surface area contributed by atoms with E-state index in [0.29, 0.717) is 5.56 Å². The molecule has 0 atom stereocenters. The highest BCUT2D eigenvalue weighted by Crippen LogP contribution is 2.03. The number of amides is 1. The molecule has 28 heavy (non-hydrogen) atoms. The van der Waals surface area contributed by atoms with Gasteiger partial charge >= 0.3 is 17.2 Å². The van der Waals surface area contributed by atoms with Crippen LogP contribution in [0.25, 0.3) is 0 Å². The summed E-state index contributed by atoms with van der Waals surface area (Å²) >= 11 is 0.920. The largest absolute Gasteiger partial charge is 0.462 e. The van der Waals surface area contributed by atoms with Gasteiger partial charge in [0.15, 0.2) is 0 Å². The van der Waals surface area contributed by atoms with Gasteiger partial charge in [-0.2, -0.15) is 0 Å². The SMILES string of the molecule is CC(C)OC(=O)CNC(=O)C(C)C.CSC(=O)OCOC(=O)c1ccccc1. The predicted molar refractivity (Wildman–Crippen MR) is 106 cm³/mol. The molecule has 0 aromatic heterocycles. The van der Waals surface area contributed by atoms with Crippen LogP contribution < -0.4 is 5.32 Å². The fourth-order valence-corrected chi connectivity index (χ4v) is 1.68. The van der Waals surface area contributed by atoms with Crippen molar-refractivity contribution in [2.45, 2.75) is 33.8 Å². The summed E-state index contributed by atoms with van der Waals surface area (Å²) in [7, 11) is 0. The van der Waals surface area contributed by atoms with E-state index in [1.165, 1.54) is 0 Å². The average molecular weight is 413 g/mol. The monoisotopic (exact) mass is 413 g/mol. The molecule has 0 fully saturated rings. The van der Waals surface area contributed by atoms with Crippen molar-refractivity contribution in [1.82, 2.24) is 5.32 Å². The van der Waals surface area contributed by atoms with Crippen molar-refractivity contribution in [3.63, 3.8) is 0 Å². The lowest BCUT2D eigenvalue weighted by atomic mass is 10.2. The number of ether oxygens (including phenoxy) is 3. The molecule has 0 saturated heterocycles. The van der Waals surface area contributed by atoms with E-state index in [4.69, 9.17) is 9.47 Å². The van der Waals surface area contributed by atoms with E-state index >= 15 is 0 Å². The molecule has 0 saturated carbocycles. The number of nitrogens with one attached hydrogen (secondary N) is 1. The summed E-state index contributed by atoms with van der Waals surface area (Å²) in [5, 5.41) is 2.00. The Hall–Kier alpha value is -2.55. The molecule has 0 unspecified atom stereocenters. The molecule has 0 aliphatic carbocycles. The van der Waals surface area contributed by atoms with Gasteiger partial charge in [0.2, 0.25) is 12.7 Å². The molecule has 0 spiro atoms. The molecule has 156 valence electrons. The van der Waals surface area contributed by atoms with Crippen molar-refractivity contribution in [2.24, 2.45) is 5.92 Å². The molecule has 1 aromatic rings. The van der Waals surface area contributed by atoms with E-state index in [0.717, 1.165) is 11.8 Å². The lowest BCUT2D eigenvalue weighted by Crippen LogP contribution is -2.34. The van der Waals surface area contributed by atoms with Gasteiger partial charge in [0, 0.05) is 5.92 Å². The van der Waals surface area contributed by atoms with Gasteiger partial charge in [0.1, 0.15) is 6.54 Å². The lowest BCUT2D eigenvalue weighted by molar-refractivity contribution is -0.147. The van der Waals surface area contributed by atoms with Crippen molar-refractivity contribution >= 4 is 34.9 Å². The summed E-state index contributed by atoms with van der Waals surface area (Å²) in [4.78, 5) is 43.9. The van der Waals surface area contributed by atoms with Crippen molar-refractivity contribution in [2.75, 3.05) is 19.6 Å². The van der Waals surface area contributed by atoms with Crippen molar-refractivity contribution < 1.29 is 33.4 Å². The second-order valence-corrected chi connectivity index (χ2v) is 6.67. The smallest absolute Gasteiger partial charge is 0.369 e. The standard InChI is InChI=1S/C10H10O4S.C9H17NO3/c1-15-10(12)14-7-13-9(11)8-5-3-2-4-6-8;1-6(2)9(12)10-5-8(11)13-7(3)4/h2-6H,7H2,1H3;6-7H,5H2,1-4H3,(H,10,12). The van der Waals surface area contributed by atoms with Crippen LogP contribution >= 0.6 is 11.8 Å². The van der Waals surface area contributed by atoms with Crippen LogP contribution in [0.1, 0.15) is 38.1 Å². The van der Waals surface area contributed by atoms with Crippen LogP contribution in [0, 0.1) is 5.92 Å². The first-order valence-electron chi connectivity index (χ1n) is 8.57. The second-order valence-electron chi connectivity index (χ2n) is 5.93. The number of hydrogen-bond acceptors (Lipinski definition) is 8. The van der Waals surface area contributed by atoms with Crippen LogP contribution in [-0.4, -0.2) is 48.8 Å². The van der Waals surface area contributed by atoms with Crippen LogP contribution in [0.2, 0.25) is 0 Å². The quantitative estimate of drug-likeness (QED) is 0.537. The third-order valence-electron chi connectivity index (χ3n) is 2.84. The summed E-state index contributed by atoms with van der Waals surface area (Å²) in [6.45, 7) is 6.67. The topological polar surface area (TPSA) is 108 Å². The Kier molecular flexibility index (Phi) is 13.2. The molecular weight excluding hydrogens is 386 g/mol. The lowest BCUT2D eigenvalue weighted by Gasteiger charge is -2.09. The number of rotatable bonds is 7. The fourth-order valence-electron chi connectivity index (χ4n) is 1.52. The van der Waals surface area contributed by atoms with Crippen molar-refractivity contribution in [3.8, 4) is 0 Å². The first kappa shape index (κ1) is 25.4. The van der Waals surface area contributed by atoms with Crippen LogP contribution in [0.15, 0.2) is 30.3 Å². The molecule has 0 bridgehead atoms. The highest BCUT2D eigenvalue weighted by Gasteiger charge is 2.10. The highest BCUT2D eigenvalue weighted by atomic mass is 32.2. The maximum absolute atomic E-state index is 11.3. The Balaban J connectivity index is 0.000000528. The Morgan fingerprint density at radius 2 is 1.61 bits per heavy atom. The number of carbonyl (C=O) groups is 4. The van der Waals surface area contributed by atoms with E-state index in [1.807, 2.05) is 0 Å². The van der Waals surface area contributed by atoms with Crippen LogP contribution in [0.3, 0.4) is 0 Å². The normalized spacial score (nSPS) is 9.82. The Bertz CT molecular complexity index is 632. The third kappa shape index (κ3) is 12.7. The summed E-state index contributed by atoms with van der Waals surface area (Å²) in [6, 6.07) is 8.50. The molecule has 9 heteroatoms. The summed E-state index contributed by atoms with van der Waals surface area (Å²) < 4.78 is 14.1. The summed E-state index contributed by atoms with van der Waals surface area (Å²) in [5.74, 6) is -1.15. The molecule has 0 heterocycles. The molecule has 1 aromatic carbocycles. The van der Waals surface area contributed by atoms with Gasteiger partial charge in [-0.15, -0.1) is 0 Å². The zero-order valence-electron chi connectivity index (χ0n) is 16.7. The van der Waals surface area contributed by atoms with Gasteiger partial charge in [-0.25, -0.2) is 9.59 Å². The Morgan fingerprint density at radius 3 is 2.11 bits per heavy atom. The second kappa shape index (κ2) is 14.5. The average Bonchev–Trinajstić information content (AvgIpc) is 2.66. The molecule has 1 rings (SSSR count). The predicted octanol–water partition coefficient (Wildman–Crippen LogP) is 3.01. The van der Waals surface area contributed by atoms with Gasteiger partial charge < -0.3 is 19.5 Å². The Morgan fingerprint density at radius 1 is 1.00 bits per heavy atom. The van der Waals surface area contributed by atoms with Crippen LogP contribution in [0.5, 0.6) is 0 Å². The number of thioether (sulfide) groups is 1. The zero-order chi connectivity index (χ0) is 21.5. The molecule has 0 aliphatic heterocycles. The third-order valence-corrected chi connectivity index (χ3v) is 3.29. The van der Waals surface area contributed by atoms with E-state index < -0.39 is 17.2 Å². The number of carbonyl (C=O) groups excluding carboxylic acids is 4. The van der Waals surface area contributed by atoms with Gasteiger partial charge in [-0.3, -0.25) is 9.59 Å². The fraction of sp³-hybridized carbons (Fsp3) is 0.474. The van der Waals surface area contributed by atoms with E-state index in [2.05, 4.69) is 10.1 Å².